The minimum Gasteiger partial charge on any atom is -0.493 e. The molecule has 0 aromatic heterocycles. The molecule has 3 nitrogen and oxygen atoms in total. The van der Waals surface area contributed by atoms with Crippen LogP contribution in [0.2, 0.25) is 0 Å². The molecule has 0 spiro atoms. The Balaban J connectivity index is 1.47. The normalized spacial score (nSPS) is 16.2. The van der Waals surface area contributed by atoms with Crippen molar-refractivity contribution in [2.75, 3.05) is 6.61 Å². The van der Waals surface area contributed by atoms with E-state index in [1.807, 2.05) is 0 Å². The van der Waals surface area contributed by atoms with Crippen LogP contribution in [-0.4, -0.2) is 11.7 Å². The molecule has 0 bridgehead atoms. The van der Waals surface area contributed by atoms with E-state index in [0.29, 0.717) is 25.0 Å². The summed E-state index contributed by atoms with van der Waals surface area (Å²) in [6.07, 6.45) is 1.57. The third kappa shape index (κ3) is 5.38. The summed E-state index contributed by atoms with van der Waals surface area (Å²) in [5, 5.41) is 9.50. The van der Waals surface area contributed by atoms with Gasteiger partial charge in [-0.1, -0.05) is 24.3 Å². The van der Waals surface area contributed by atoms with Crippen molar-refractivity contribution >= 4 is 0 Å². The van der Waals surface area contributed by atoms with E-state index < -0.39 is 58.1 Å². The maximum atomic E-state index is 15.0. The number of aliphatic hydroxyl groups is 1. The maximum absolute atomic E-state index is 15.0. The van der Waals surface area contributed by atoms with E-state index in [9.17, 15) is 27.1 Å². The third-order valence-electron chi connectivity index (χ3n) is 6.61. The second-order valence-electron chi connectivity index (χ2n) is 9.05. The SMILES string of the molecule is CCOc1ccc(-c2ccc(C3CC=C(OCc4ccc(C(C)O)c(F)c4F)CC3)c(F)c2F)c(F)c1F. The molecule has 1 aliphatic carbocycles. The highest BCUT2D eigenvalue weighted by molar-refractivity contribution is 5.67. The fourth-order valence-corrected chi connectivity index (χ4v) is 4.53. The number of benzene rings is 3. The number of halogens is 6. The number of allylic oxidation sites excluding steroid dienone is 2. The topological polar surface area (TPSA) is 38.7 Å². The van der Waals surface area contributed by atoms with Crippen molar-refractivity contribution in [3.05, 3.63) is 99.8 Å². The molecule has 2 atom stereocenters. The molecule has 9 heteroatoms. The molecule has 4 rings (SSSR count). The highest BCUT2D eigenvalue weighted by Gasteiger charge is 2.26. The zero-order valence-corrected chi connectivity index (χ0v) is 20.8. The van der Waals surface area contributed by atoms with Crippen molar-refractivity contribution < 1.29 is 40.9 Å². The summed E-state index contributed by atoms with van der Waals surface area (Å²) in [7, 11) is 0. The molecule has 2 unspecified atom stereocenters. The van der Waals surface area contributed by atoms with Crippen LogP contribution in [0.1, 0.15) is 61.8 Å². The lowest BCUT2D eigenvalue weighted by atomic mass is 9.85. The molecule has 3 aromatic rings. The second kappa shape index (κ2) is 11.5. The van der Waals surface area contributed by atoms with Crippen LogP contribution >= 0.6 is 0 Å². The van der Waals surface area contributed by atoms with Gasteiger partial charge in [-0.25, -0.2) is 22.0 Å². The summed E-state index contributed by atoms with van der Waals surface area (Å²) >= 11 is 0. The highest BCUT2D eigenvalue weighted by Crippen LogP contribution is 2.38. The first-order valence-corrected chi connectivity index (χ1v) is 12.2. The molecule has 1 aliphatic rings. The number of aliphatic hydroxyl groups excluding tert-OH is 1. The molecule has 3 aromatic carbocycles. The van der Waals surface area contributed by atoms with Gasteiger partial charge in [-0.15, -0.1) is 0 Å². The molecule has 0 amide bonds. The van der Waals surface area contributed by atoms with Gasteiger partial charge in [-0.3, -0.25) is 0 Å². The van der Waals surface area contributed by atoms with E-state index in [1.54, 1.807) is 13.0 Å². The van der Waals surface area contributed by atoms with E-state index in [0.717, 1.165) is 12.1 Å². The molecule has 0 saturated heterocycles. The van der Waals surface area contributed by atoms with Crippen LogP contribution in [0.4, 0.5) is 26.3 Å². The summed E-state index contributed by atoms with van der Waals surface area (Å²) in [5.41, 5.74) is -0.899. The molecule has 0 aliphatic heterocycles. The van der Waals surface area contributed by atoms with Crippen LogP contribution in [0.5, 0.6) is 5.75 Å². The largest absolute Gasteiger partial charge is 0.493 e. The Labute approximate surface area is 216 Å². The summed E-state index contributed by atoms with van der Waals surface area (Å²) < 4.78 is 97.8. The number of hydrogen-bond acceptors (Lipinski definition) is 3. The van der Waals surface area contributed by atoms with Gasteiger partial charge in [-0.2, -0.15) is 4.39 Å². The quantitative estimate of drug-likeness (QED) is 0.297. The highest BCUT2D eigenvalue weighted by atomic mass is 19.2. The van der Waals surface area contributed by atoms with Gasteiger partial charge < -0.3 is 14.6 Å². The van der Waals surface area contributed by atoms with E-state index in [2.05, 4.69) is 0 Å². The first-order valence-electron chi connectivity index (χ1n) is 12.2. The van der Waals surface area contributed by atoms with Gasteiger partial charge in [-0.05, 0) is 56.4 Å². The third-order valence-corrected chi connectivity index (χ3v) is 6.61. The smallest absolute Gasteiger partial charge is 0.201 e. The van der Waals surface area contributed by atoms with Gasteiger partial charge in [0, 0.05) is 28.7 Å². The zero-order valence-electron chi connectivity index (χ0n) is 20.8. The van der Waals surface area contributed by atoms with Gasteiger partial charge in [0.25, 0.3) is 0 Å². The van der Waals surface area contributed by atoms with Crippen molar-refractivity contribution in [3.8, 4) is 16.9 Å². The molecule has 0 fully saturated rings. The number of ether oxygens (including phenoxy) is 2. The molecular formula is C29H26F6O3. The first-order chi connectivity index (χ1) is 18.1. The summed E-state index contributed by atoms with van der Waals surface area (Å²) in [4.78, 5) is 0. The van der Waals surface area contributed by atoms with Gasteiger partial charge in [0.2, 0.25) is 5.82 Å². The van der Waals surface area contributed by atoms with Gasteiger partial charge in [0.05, 0.1) is 18.5 Å². The standard InChI is InChI=1S/C29H26F6O3/c1-3-37-23-13-12-22(28(34)29(23)35)21-11-10-20(26(32)27(21)33)16-4-7-18(8-5-16)38-14-17-6-9-19(15(2)36)25(31)24(17)30/h6-7,9-13,15-16,36H,3-5,8,14H2,1-2H3. The van der Waals surface area contributed by atoms with Crippen molar-refractivity contribution in [1.29, 1.82) is 0 Å². The predicted molar refractivity (Wildman–Crippen MR) is 129 cm³/mol. The maximum Gasteiger partial charge on any atom is 0.201 e. The Hall–Kier alpha value is -3.46. The molecule has 0 radical (unpaired) electrons. The van der Waals surface area contributed by atoms with E-state index in [-0.39, 0.29) is 35.7 Å². The minimum atomic E-state index is -1.33. The Kier molecular flexibility index (Phi) is 8.35. The van der Waals surface area contributed by atoms with Crippen molar-refractivity contribution in [1.82, 2.24) is 0 Å². The minimum absolute atomic E-state index is 0.0170. The van der Waals surface area contributed by atoms with Crippen LogP contribution in [0.25, 0.3) is 11.1 Å². The molecule has 202 valence electrons. The van der Waals surface area contributed by atoms with Gasteiger partial charge in [0.15, 0.2) is 34.8 Å². The van der Waals surface area contributed by atoms with Gasteiger partial charge >= 0.3 is 0 Å². The Morgan fingerprint density at radius 1 is 0.816 bits per heavy atom. The zero-order chi connectivity index (χ0) is 27.6. The van der Waals surface area contributed by atoms with Crippen LogP contribution < -0.4 is 4.74 Å². The molecule has 0 saturated carbocycles. The second-order valence-corrected chi connectivity index (χ2v) is 9.05. The van der Waals surface area contributed by atoms with E-state index in [1.165, 1.54) is 31.2 Å². The predicted octanol–water partition coefficient (Wildman–Crippen LogP) is 8.01. The lowest BCUT2D eigenvalue weighted by Gasteiger charge is -2.24. The van der Waals surface area contributed by atoms with Crippen molar-refractivity contribution in [2.24, 2.45) is 0 Å². The fraction of sp³-hybridized carbons (Fsp3) is 0.310. The molecule has 0 heterocycles. The first kappa shape index (κ1) is 27.6. The fourth-order valence-electron chi connectivity index (χ4n) is 4.53. The average molecular weight is 537 g/mol. The Bertz CT molecular complexity index is 1370. The number of rotatable bonds is 8. The lowest BCUT2D eigenvalue weighted by molar-refractivity contribution is 0.174. The van der Waals surface area contributed by atoms with Gasteiger partial charge in [0.1, 0.15) is 6.61 Å². The number of hydrogen-bond donors (Lipinski definition) is 1. The Morgan fingerprint density at radius 3 is 2.13 bits per heavy atom. The summed E-state index contributed by atoms with van der Waals surface area (Å²) in [6, 6.07) is 7.51. The van der Waals surface area contributed by atoms with Crippen LogP contribution in [0.15, 0.2) is 48.2 Å². The van der Waals surface area contributed by atoms with Crippen LogP contribution in [-0.2, 0) is 11.3 Å². The molecule has 38 heavy (non-hydrogen) atoms. The van der Waals surface area contributed by atoms with Crippen LogP contribution in [0, 0.1) is 34.9 Å². The summed E-state index contributed by atoms with van der Waals surface area (Å²) in [6.45, 7) is 2.81. The van der Waals surface area contributed by atoms with E-state index in [4.69, 9.17) is 9.47 Å². The van der Waals surface area contributed by atoms with Crippen LogP contribution in [0.3, 0.4) is 0 Å². The summed E-state index contributed by atoms with van der Waals surface area (Å²) in [5.74, 6) is -7.48. The monoisotopic (exact) mass is 536 g/mol. The van der Waals surface area contributed by atoms with Crippen molar-refractivity contribution in [3.63, 3.8) is 0 Å². The average Bonchev–Trinajstić information content (AvgIpc) is 2.90. The molecule has 1 N–H and O–H groups in total. The van der Waals surface area contributed by atoms with Crippen molar-refractivity contribution in [2.45, 2.75) is 51.7 Å². The Morgan fingerprint density at radius 2 is 1.50 bits per heavy atom. The lowest BCUT2D eigenvalue weighted by Crippen LogP contribution is -2.10. The molecular weight excluding hydrogens is 510 g/mol. The van der Waals surface area contributed by atoms with E-state index >= 15 is 4.39 Å².